The SMILES string of the molecule is CC(C)=CCC/C(C)=C1/CC=C(C)CC1. The Bertz CT molecular complexity index is 296. The van der Waals surface area contributed by atoms with Gasteiger partial charge in [-0.05, 0) is 59.8 Å². The van der Waals surface area contributed by atoms with Gasteiger partial charge in [0.2, 0.25) is 0 Å². The highest BCUT2D eigenvalue weighted by molar-refractivity contribution is 5.22. The van der Waals surface area contributed by atoms with Crippen LogP contribution in [0, 0.1) is 0 Å². The van der Waals surface area contributed by atoms with Crippen LogP contribution in [0.2, 0.25) is 0 Å². The van der Waals surface area contributed by atoms with Crippen LogP contribution in [0.4, 0.5) is 0 Å². The summed E-state index contributed by atoms with van der Waals surface area (Å²) in [7, 11) is 0. The molecule has 0 amide bonds. The Hall–Kier alpha value is -0.780. The molecule has 1 aliphatic rings. The summed E-state index contributed by atoms with van der Waals surface area (Å²) in [5.41, 5.74) is 6.31. The molecule has 0 atom stereocenters. The lowest BCUT2D eigenvalue weighted by Crippen LogP contribution is -1.96. The van der Waals surface area contributed by atoms with E-state index in [1.54, 1.807) is 16.7 Å². The van der Waals surface area contributed by atoms with Gasteiger partial charge in [-0.3, -0.25) is 0 Å². The third kappa shape index (κ3) is 4.51. The molecule has 0 aromatic carbocycles. The minimum atomic E-state index is 1.20. The van der Waals surface area contributed by atoms with Gasteiger partial charge in [-0.15, -0.1) is 0 Å². The van der Waals surface area contributed by atoms with Gasteiger partial charge in [0.1, 0.15) is 0 Å². The first-order valence-corrected chi connectivity index (χ1v) is 6.06. The summed E-state index contributed by atoms with van der Waals surface area (Å²) >= 11 is 0. The van der Waals surface area contributed by atoms with Gasteiger partial charge in [-0.1, -0.05) is 34.4 Å². The second-order valence-electron chi connectivity index (χ2n) is 4.96. The molecular weight excluding hydrogens is 180 g/mol. The van der Waals surface area contributed by atoms with Gasteiger partial charge in [-0.2, -0.15) is 0 Å². The number of hydrogen-bond donors (Lipinski definition) is 0. The van der Waals surface area contributed by atoms with Crippen molar-refractivity contribution < 1.29 is 0 Å². The van der Waals surface area contributed by atoms with Crippen molar-refractivity contribution in [3.63, 3.8) is 0 Å². The van der Waals surface area contributed by atoms with Crippen LogP contribution < -0.4 is 0 Å². The summed E-state index contributed by atoms with van der Waals surface area (Å²) in [4.78, 5) is 0. The maximum Gasteiger partial charge on any atom is -0.0134 e. The first kappa shape index (κ1) is 12.3. The normalized spacial score (nSPS) is 19.6. The third-order valence-electron chi connectivity index (χ3n) is 3.19. The quantitative estimate of drug-likeness (QED) is 0.556. The van der Waals surface area contributed by atoms with E-state index < -0.39 is 0 Å². The number of allylic oxidation sites excluding steroid dienone is 6. The maximum atomic E-state index is 2.39. The zero-order chi connectivity index (χ0) is 11.3. The third-order valence-corrected chi connectivity index (χ3v) is 3.19. The predicted molar refractivity (Wildman–Crippen MR) is 69.0 cm³/mol. The molecule has 0 fully saturated rings. The van der Waals surface area contributed by atoms with Crippen LogP contribution in [-0.2, 0) is 0 Å². The molecule has 0 aromatic rings. The second-order valence-corrected chi connectivity index (χ2v) is 4.96. The standard InChI is InChI=1S/C15H24/c1-12(2)6-5-7-14(4)15-10-8-13(3)9-11-15/h6,8H,5,7,9-11H2,1-4H3/b15-14-. The fourth-order valence-electron chi connectivity index (χ4n) is 1.99. The van der Waals surface area contributed by atoms with Gasteiger partial charge < -0.3 is 0 Å². The van der Waals surface area contributed by atoms with Gasteiger partial charge in [0, 0.05) is 0 Å². The fraction of sp³-hybridized carbons (Fsp3) is 0.600. The van der Waals surface area contributed by atoms with E-state index in [9.17, 15) is 0 Å². The predicted octanol–water partition coefficient (Wildman–Crippen LogP) is 5.18. The smallest absolute Gasteiger partial charge is 0.0134 e. The summed E-state index contributed by atoms with van der Waals surface area (Å²) in [5, 5.41) is 0. The molecule has 0 N–H and O–H groups in total. The maximum absolute atomic E-state index is 2.39. The van der Waals surface area contributed by atoms with E-state index in [4.69, 9.17) is 0 Å². The first-order chi connectivity index (χ1) is 7.09. The molecule has 1 aliphatic carbocycles. The molecule has 0 aromatic heterocycles. The molecule has 0 radical (unpaired) electrons. The van der Waals surface area contributed by atoms with Crippen molar-refractivity contribution in [3.8, 4) is 0 Å². The van der Waals surface area contributed by atoms with E-state index in [2.05, 4.69) is 39.8 Å². The van der Waals surface area contributed by atoms with Crippen LogP contribution in [0.15, 0.2) is 34.4 Å². The van der Waals surface area contributed by atoms with Crippen LogP contribution in [0.25, 0.3) is 0 Å². The summed E-state index contributed by atoms with van der Waals surface area (Å²) in [6, 6.07) is 0. The van der Waals surface area contributed by atoms with E-state index >= 15 is 0 Å². The number of rotatable bonds is 3. The van der Waals surface area contributed by atoms with Crippen LogP contribution in [-0.4, -0.2) is 0 Å². The zero-order valence-electron chi connectivity index (χ0n) is 10.7. The molecule has 0 nitrogen and oxygen atoms in total. The average molecular weight is 204 g/mol. The van der Waals surface area contributed by atoms with Crippen molar-refractivity contribution in [3.05, 3.63) is 34.4 Å². The lowest BCUT2D eigenvalue weighted by molar-refractivity contribution is 0.810. The summed E-state index contributed by atoms with van der Waals surface area (Å²) < 4.78 is 0. The first-order valence-electron chi connectivity index (χ1n) is 6.06. The Kier molecular flexibility index (Phi) is 4.87. The van der Waals surface area contributed by atoms with Crippen molar-refractivity contribution in [2.45, 2.75) is 59.8 Å². The van der Waals surface area contributed by atoms with E-state index in [0.29, 0.717) is 0 Å². The van der Waals surface area contributed by atoms with Gasteiger partial charge in [0.05, 0.1) is 0 Å². The highest BCUT2D eigenvalue weighted by atomic mass is 14.1. The largest absolute Gasteiger partial charge is 0.0856 e. The fourth-order valence-corrected chi connectivity index (χ4v) is 1.99. The molecule has 15 heavy (non-hydrogen) atoms. The lowest BCUT2D eigenvalue weighted by atomic mass is 9.91. The van der Waals surface area contributed by atoms with Crippen molar-refractivity contribution in [2.24, 2.45) is 0 Å². The Balaban J connectivity index is 2.48. The topological polar surface area (TPSA) is 0 Å². The van der Waals surface area contributed by atoms with Gasteiger partial charge in [0.15, 0.2) is 0 Å². The molecule has 1 rings (SSSR count). The molecular formula is C15H24. The molecule has 0 unspecified atom stereocenters. The molecule has 0 saturated carbocycles. The van der Waals surface area contributed by atoms with Gasteiger partial charge in [-0.25, -0.2) is 0 Å². The van der Waals surface area contributed by atoms with Crippen molar-refractivity contribution >= 4 is 0 Å². The summed E-state index contributed by atoms with van der Waals surface area (Å²) in [6.07, 6.45) is 11.0. The number of hydrogen-bond acceptors (Lipinski definition) is 0. The van der Waals surface area contributed by atoms with Crippen molar-refractivity contribution in [1.29, 1.82) is 0 Å². The van der Waals surface area contributed by atoms with Gasteiger partial charge >= 0.3 is 0 Å². The van der Waals surface area contributed by atoms with E-state index in [1.807, 2.05) is 0 Å². The zero-order valence-corrected chi connectivity index (χ0v) is 10.7. The van der Waals surface area contributed by atoms with E-state index in [1.165, 1.54) is 37.7 Å². The Morgan fingerprint density at radius 1 is 1.27 bits per heavy atom. The highest BCUT2D eigenvalue weighted by Crippen LogP contribution is 2.26. The minimum absolute atomic E-state index is 1.20. The highest BCUT2D eigenvalue weighted by Gasteiger charge is 2.06. The summed E-state index contributed by atoms with van der Waals surface area (Å²) in [6.45, 7) is 8.91. The van der Waals surface area contributed by atoms with Crippen molar-refractivity contribution in [2.75, 3.05) is 0 Å². The van der Waals surface area contributed by atoms with Gasteiger partial charge in [0.25, 0.3) is 0 Å². The molecule has 84 valence electrons. The Labute approximate surface area is 94.8 Å². The van der Waals surface area contributed by atoms with Crippen LogP contribution in [0.3, 0.4) is 0 Å². The molecule has 0 bridgehead atoms. The lowest BCUT2D eigenvalue weighted by Gasteiger charge is -2.15. The van der Waals surface area contributed by atoms with Crippen LogP contribution in [0.5, 0.6) is 0 Å². The monoisotopic (exact) mass is 204 g/mol. The van der Waals surface area contributed by atoms with Crippen LogP contribution >= 0.6 is 0 Å². The summed E-state index contributed by atoms with van der Waals surface area (Å²) in [5.74, 6) is 0. The molecule has 0 heterocycles. The van der Waals surface area contributed by atoms with E-state index in [-0.39, 0.29) is 0 Å². The molecule has 0 saturated heterocycles. The van der Waals surface area contributed by atoms with E-state index in [0.717, 1.165) is 0 Å². The Morgan fingerprint density at radius 2 is 2.00 bits per heavy atom. The minimum Gasteiger partial charge on any atom is -0.0856 e. The molecule has 0 aliphatic heterocycles. The second kappa shape index (κ2) is 5.95. The van der Waals surface area contributed by atoms with Crippen molar-refractivity contribution in [1.82, 2.24) is 0 Å². The molecule has 0 heteroatoms. The van der Waals surface area contributed by atoms with Crippen LogP contribution in [0.1, 0.15) is 59.8 Å². The average Bonchev–Trinajstić information content (AvgIpc) is 2.18. The Morgan fingerprint density at radius 3 is 2.53 bits per heavy atom. The molecule has 0 spiro atoms.